The largest absolute Gasteiger partial charge is 0.325 e. The third-order valence-corrected chi connectivity index (χ3v) is 3.03. The number of fused-ring (bicyclic) bond motifs is 1. The molecular formula is C14H14N4. The van der Waals surface area contributed by atoms with E-state index in [1.807, 2.05) is 35.1 Å². The van der Waals surface area contributed by atoms with Gasteiger partial charge in [-0.05, 0) is 18.1 Å². The zero-order chi connectivity index (χ0) is 12.5. The Labute approximate surface area is 105 Å². The second kappa shape index (κ2) is 4.23. The minimum absolute atomic E-state index is 0.434. The van der Waals surface area contributed by atoms with Gasteiger partial charge < -0.3 is 5.73 Å². The molecule has 0 aliphatic rings. The first-order valence-electron chi connectivity index (χ1n) is 5.87. The molecule has 0 saturated carbocycles. The van der Waals surface area contributed by atoms with E-state index in [2.05, 4.69) is 29.0 Å². The van der Waals surface area contributed by atoms with Crippen molar-refractivity contribution in [1.82, 2.24) is 14.4 Å². The van der Waals surface area contributed by atoms with Crippen LogP contribution in [0.5, 0.6) is 0 Å². The average molecular weight is 238 g/mol. The molecule has 0 amide bonds. The molecule has 3 rings (SSSR count). The standard InChI is InChI=1S/C14H14N4/c1-10-4-2-3-5-13(10)11-7-16-14-17-12(6-15)9-18(14)8-11/h2-5,7-9H,6,15H2,1H3. The van der Waals surface area contributed by atoms with Crippen LogP contribution < -0.4 is 5.73 Å². The average Bonchev–Trinajstić information content (AvgIpc) is 2.81. The number of rotatable bonds is 2. The summed E-state index contributed by atoms with van der Waals surface area (Å²) >= 11 is 0. The van der Waals surface area contributed by atoms with Gasteiger partial charge >= 0.3 is 0 Å². The van der Waals surface area contributed by atoms with Gasteiger partial charge in [0.15, 0.2) is 0 Å². The quantitative estimate of drug-likeness (QED) is 0.744. The van der Waals surface area contributed by atoms with Crippen molar-refractivity contribution in [3.8, 4) is 11.1 Å². The highest BCUT2D eigenvalue weighted by atomic mass is 15.1. The second-order valence-corrected chi connectivity index (χ2v) is 4.30. The molecule has 0 atom stereocenters. The Balaban J connectivity index is 2.16. The van der Waals surface area contributed by atoms with Crippen LogP contribution in [0.2, 0.25) is 0 Å². The zero-order valence-corrected chi connectivity index (χ0v) is 10.2. The van der Waals surface area contributed by atoms with Crippen LogP contribution >= 0.6 is 0 Å². The van der Waals surface area contributed by atoms with Gasteiger partial charge in [-0.15, -0.1) is 0 Å². The number of nitrogens with two attached hydrogens (primary N) is 1. The maximum Gasteiger partial charge on any atom is 0.233 e. The maximum atomic E-state index is 5.58. The molecule has 0 aliphatic carbocycles. The normalized spacial score (nSPS) is 11.0. The Bertz CT molecular complexity index is 700. The Morgan fingerprint density at radius 3 is 2.83 bits per heavy atom. The number of hydrogen-bond donors (Lipinski definition) is 1. The predicted molar refractivity (Wildman–Crippen MR) is 71.1 cm³/mol. The van der Waals surface area contributed by atoms with Crippen molar-refractivity contribution >= 4 is 5.78 Å². The molecule has 2 N–H and O–H groups in total. The van der Waals surface area contributed by atoms with E-state index in [1.54, 1.807) is 0 Å². The van der Waals surface area contributed by atoms with Crippen molar-refractivity contribution in [2.45, 2.75) is 13.5 Å². The molecule has 90 valence electrons. The lowest BCUT2D eigenvalue weighted by atomic mass is 10.0. The van der Waals surface area contributed by atoms with Gasteiger partial charge in [0.25, 0.3) is 0 Å². The summed E-state index contributed by atoms with van der Waals surface area (Å²) in [6, 6.07) is 8.26. The van der Waals surface area contributed by atoms with Crippen molar-refractivity contribution in [1.29, 1.82) is 0 Å². The van der Waals surface area contributed by atoms with Crippen molar-refractivity contribution in [2.75, 3.05) is 0 Å². The summed E-state index contributed by atoms with van der Waals surface area (Å²) in [7, 11) is 0. The number of nitrogens with zero attached hydrogens (tertiary/aromatic N) is 3. The maximum absolute atomic E-state index is 5.58. The van der Waals surface area contributed by atoms with Crippen LogP contribution in [0, 0.1) is 6.92 Å². The van der Waals surface area contributed by atoms with Crippen LogP contribution in [0.1, 0.15) is 11.3 Å². The van der Waals surface area contributed by atoms with Gasteiger partial charge in [0.1, 0.15) is 0 Å². The lowest BCUT2D eigenvalue weighted by Crippen LogP contribution is -1.95. The van der Waals surface area contributed by atoms with Crippen LogP contribution in [0.4, 0.5) is 0 Å². The van der Waals surface area contributed by atoms with Crippen LogP contribution in [0.15, 0.2) is 42.9 Å². The van der Waals surface area contributed by atoms with Gasteiger partial charge in [-0.25, -0.2) is 9.97 Å². The van der Waals surface area contributed by atoms with Gasteiger partial charge in [-0.2, -0.15) is 0 Å². The molecule has 1 aromatic carbocycles. The Hall–Kier alpha value is -2.20. The summed E-state index contributed by atoms with van der Waals surface area (Å²) in [5.74, 6) is 0.688. The minimum Gasteiger partial charge on any atom is -0.325 e. The molecule has 2 heterocycles. The first-order valence-corrected chi connectivity index (χ1v) is 5.87. The fourth-order valence-corrected chi connectivity index (χ4v) is 2.07. The summed E-state index contributed by atoms with van der Waals surface area (Å²) in [4.78, 5) is 8.68. The molecule has 0 aliphatic heterocycles. The van der Waals surface area contributed by atoms with Crippen molar-refractivity contribution in [3.05, 3.63) is 54.1 Å². The molecule has 4 heteroatoms. The summed E-state index contributed by atoms with van der Waals surface area (Å²) in [5, 5.41) is 0. The smallest absolute Gasteiger partial charge is 0.233 e. The predicted octanol–water partition coefficient (Wildman–Crippen LogP) is 2.16. The fourth-order valence-electron chi connectivity index (χ4n) is 2.07. The summed E-state index contributed by atoms with van der Waals surface area (Å²) in [6.45, 7) is 2.53. The molecule has 4 nitrogen and oxygen atoms in total. The third-order valence-electron chi connectivity index (χ3n) is 3.03. The van der Waals surface area contributed by atoms with Gasteiger partial charge in [-0.1, -0.05) is 24.3 Å². The minimum atomic E-state index is 0.434. The van der Waals surface area contributed by atoms with E-state index >= 15 is 0 Å². The Morgan fingerprint density at radius 2 is 2.06 bits per heavy atom. The van der Waals surface area contributed by atoms with E-state index in [9.17, 15) is 0 Å². The van der Waals surface area contributed by atoms with Gasteiger partial charge in [0.2, 0.25) is 5.78 Å². The summed E-state index contributed by atoms with van der Waals surface area (Å²) in [5.41, 5.74) is 9.94. The molecule has 0 bridgehead atoms. The van der Waals surface area contributed by atoms with E-state index in [0.29, 0.717) is 12.3 Å². The molecule has 0 fully saturated rings. The highest BCUT2D eigenvalue weighted by molar-refractivity contribution is 5.66. The summed E-state index contributed by atoms with van der Waals surface area (Å²) in [6.07, 6.45) is 5.81. The first kappa shape index (κ1) is 10.9. The molecule has 0 unspecified atom stereocenters. The van der Waals surface area contributed by atoms with E-state index < -0.39 is 0 Å². The fraction of sp³-hybridized carbons (Fsp3) is 0.143. The summed E-state index contributed by atoms with van der Waals surface area (Å²) < 4.78 is 1.92. The number of hydrogen-bond acceptors (Lipinski definition) is 3. The van der Waals surface area contributed by atoms with Crippen molar-refractivity contribution in [3.63, 3.8) is 0 Å². The molecule has 0 spiro atoms. The first-order chi connectivity index (χ1) is 8.78. The number of benzene rings is 1. The van der Waals surface area contributed by atoms with Crippen molar-refractivity contribution in [2.24, 2.45) is 5.73 Å². The van der Waals surface area contributed by atoms with E-state index in [0.717, 1.165) is 11.3 Å². The van der Waals surface area contributed by atoms with E-state index in [1.165, 1.54) is 11.1 Å². The second-order valence-electron chi connectivity index (χ2n) is 4.30. The van der Waals surface area contributed by atoms with Gasteiger partial charge in [0.05, 0.1) is 5.69 Å². The lowest BCUT2D eigenvalue weighted by Gasteiger charge is -2.05. The molecule has 0 radical (unpaired) electrons. The molecule has 3 aromatic rings. The number of aryl methyl sites for hydroxylation is 1. The highest BCUT2D eigenvalue weighted by Crippen LogP contribution is 2.22. The third kappa shape index (κ3) is 1.76. The molecule has 18 heavy (non-hydrogen) atoms. The topological polar surface area (TPSA) is 56.2 Å². The monoisotopic (exact) mass is 238 g/mol. The van der Waals surface area contributed by atoms with Gasteiger partial charge in [0, 0.05) is 30.7 Å². The zero-order valence-electron chi connectivity index (χ0n) is 10.2. The van der Waals surface area contributed by atoms with Crippen LogP contribution in [0.25, 0.3) is 16.9 Å². The van der Waals surface area contributed by atoms with Crippen molar-refractivity contribution < 1.29 is 0 Å². The van der Waals surface area contributed by atoms with E-state index in [4.69, 9.17) is 5.73 Å². The molecule has 0 saturated heterocycles. The molecule has 2 aromatic heterocycles. The molecular weight excluding hydrogens is 224 g/mol. The van der Waals surface area contributed by atoms with Gasteiger partial charge in [-0.3, -0.25) is 4.40 Å². The Kier molecular flexibility index (Phi) is 2.57. The van der Waals surface area contributed by atoms with Crippen LogP contribution in [-0.4, -0.2) is 14.4 Å². The SMILES string of the molecule is Cc1ccccc1-c1cnc2nc(CN)cn2c1. The highest BCUT2D eigenvalue weighted by Gasteiger charge is 2.05. The lowest BCUT2D eigenvalue weighted by molar-refractivity contribution is 1.01. The van der Waals surface area contributed by atoms with Crippen LogP contribution in [-0.2, 0) is 6.54 Å². The van der Waals surface area contributed by atoms with E-state index in [-0.39, 0.29) is 0 Å². The Morgan fingerprint density at radius 1 is 1.22 bits per heavy atom. The number of imidazole rings is 1. The van der Waals surface area contributed by atoms with Crippen LogP contribution in [0.3, 0.4) is 0 Å². The number of aromatic nitrogens is 3.